The van der Waals surface area contributed by atoms with Crippen LogP contribution < -0.4 is 10.1 Å². The molecule has 2 aromatic carbocycles. The van der Waals surface area contributed by atoms with Gasteiger partial charge in [-0.05, 0) is 56.2 Å². The van der Waals surface area contributed by atoms with E-state index in [1.807, 2.05) is 19.1 Å². The molecule has 0 aromatic heterocycles. The number of carbonyl (C=O) groups excluding carboxylic acids is 2. The van der Waals surface area contributed by atoms with Crippen LogP contribution in [0.5, 0.6) is 5.75 Å². The van der Waals surface area contributed by atoms with E-state index in [-0.39, 0.29) is 37.7 Å². The van der Waals surface area contributed by atoms with Gasteiger partial charge in [-0.3, -0.25) is 9.59 Å². The van der Waals surface area contributed by atoms with E-state index in [4.69, 9.17) is 4.74 Å². The van der Waals surface area contributed by atoms with Crippen LogP contribution >= 0.6 is 0 Å². The van der Waals surface area contributed by atoms with Gasteiger partial charge in [-0.2, -0.15) is 4.31 Å². The number of rotatable bonds is 9. The quantitative estimate of drug-likeness (QED) is 0.581. The molecule has 1 unspecified atom stereocenters. The lowest BCUT2D eigenvalue weighted by Crippen LogP contribution is -2.69. The predicted octanol–water partition coefficient (Wildman–Crippen LogP) is 2.29. The Bertz CT molecular complexity index is 1120. The molecule has 0 bridgehead atoms. The van der Waals surface area contributed by atoms with E-state index in [1.165, 1.54) is 24.0 Å². The Morgan fingerprint density at radius 2 is 1.71 bits per heavy atom. The average molecular weight is 492 g/mol. The van der Waals surface area contributed by atoms with Crippen molar-refractivity contribution in [2.45, 2.75) is 39.4 Å². The fourth-order valence-corrected chi connectivity index (χ4v) is 4.97. The summed E-state index contributed by atoms with van der Waals surface area (Å²) in [5.41, 5.74) is 0.00803. The first kappa shape index (κ1) is 25.6. The van der Waals surface area contributed by atoms with Crippen LogP contribution in [-0.4, -0.2) is 60.4 Å². The lowest BCUT2D eigenvalue weighted by Gasteiger charge is -2.46. The van der Waals surface area contributed by atoms with Crippen LogP contribution in [0.1, 0.15) is 31.9 Å². The van der Waals surface area contributed by atoms with E-state index < -0.39 is 27.4 Å². The maximum atomic E-state index is 13.4. The summed E-state index contributed by atoms with van der Waals surface area (Å²) in [5, 5.41) is 2.78. The highest BCUT2D eigenvalue weighted by Gasteiger charge is 2.49. The summed E-state index contributed by atoms with van der Waals surface area (Å²) in [7, 11) is -3.69. The third-order valence-electron chi connectivity index (χ3n) is 5.88. The van der Waals surface area contributed by atoms with Crippen LogP contribution in [0.25, 0.3) is 0 Å². The first-order chi connectivity index (χ1) is 16.1. The Morgan fingerprint density at radius 1 is 1.09 bits per heavy atom. The highest BCUT2D eigenvalue weighted by atomic mass is 32.2. The van der Waals surface area contributed by atoms with E-state index in [1.54, 1.807) is 31.2 Å². The van der Waals surface area contributed by atoms with E-state index >= 15 is 0 Å². The van der Waals surface area contributed by atoms with Crippen molar-refractivity contribution in [3.05, 3.63) is 65.5 Å². The smallest absolute Gasteiger partial charge is 0.247 e. The van der Waals surface area contributed by atoms with Crippen molar-refractivity contribution in [1.82, 2.24) is 14.5 Å². The molecule has 0 aliphatic carbocycles. The molecule has 0 saturated carbocycles. The van der Waals surface area contributed by atoms with E-state index in [0.717, 1.165) is 9.87 Å². The molecule has 1 saturated heterocycles. The molecule has 2 amide bonds. The van der Waals surface area contributed by atoms with Gasteiger partial charge in [0.2, 0.25) is 21.8 Å². The van der Waals surface area contributed by atoms with Gasteiger partial charge in [0.1, 0.15) is 17.1 Å². The number of benzene rings is 2. The largest absolute Gasteiger partial charge is 0.494 e. The van der Waals surface area contributed by atoms with Crippen LogP contribution in [0.15, 0.2) is 48.5 Å². The van der Waals surface area contributed by atoms with Crippen LogP contribution in [0.3, 0.4) is 0 Å². The molecule has 8 nitrogen and oxygen atoms in total. The zero-order valence-corrected chi connectivity index (χ0v) is 20.4. The SMILES string of the molecule is CCOc1ccc(CN2C(=O)CN(S(=O)(=O)CC)CC2(C)C(=O)NCc2ccc(F)cc2)cc1. The number of carbonyl (C=O) groups is 2. The van der Waals surface area contributed by atoms with Gasteiger partial charge in [-0.15, -0.1) is 0 Å². The minimum atomic E-state index is -3.69. The maximum Gasteiger partial charge on any atom is 0.247 e. The molecular weight excluding hydrogens is 461 g/mol. The number of sulfonamides is 1. The highest BCUT2D eigenvalue weighted by molar-refractivity contribution is 7.89. The lowest BCUT2D eigenvalue weighted by atomic mass is 9.94. The second-order valence-electron chi connectivity index (χ2n) is 8.31. The van der Waals surface area contributed by atoms with Crippen molar-refractivity contribution in [2.75, 3.05) is 25.4 Å². The van der Waals surface area contributed by atoms with Crippen molar-refractivity contribution in [3.63, 3.8) is 0 Å². The van der Waals surface area contributed by atoms with Crippen LogP contribution in [0.2, 0.25) is 0 Å². The molecule has 1 aliphatic heterocycles. The monoisotopic (exact) mass is 491 g/mol. The number of amides is 2. The van der Waals surface area contributed by atoms with Crippen molar-refractivity contribution >= 4 is 21.8 Å². The van der Waals surface area contributed by atoms with Gasteiger partial charge in [-0.25, -0.2) is 12.8 Å². The van der Waals surface area contributed by atoms with Gasteiger partial charge in [0.25, 0.3) is 0 Å². The molecule has 1 aliphatic rings. The number of ether oxygens (including phenoxy) is 1. The molecule has 3 rings (SSSR count). The minimum Gasteiger partial charge on any atom is -0.494 e. The molecule has 1 atom stereocenters. The summed E-state index contributed by atoms with van der Waals surface area (Å²) in [6, 6.07) is 12.9. The number of piperazine rings is 1. The highest BCUT2D eigenvalue weighted by Crippen LogP contribution is 2.28. The zero-order valence-electron chi connectivity index (χ0n) is 19.6. The minimum absolute atomic E-state index is 0.111. The number of nitrogens with one attached hydrogen (secondary N) is 1. The Morgan fingerprint density at radius 3 is 2.29 bits per heavy atom. The Balaban J connectivity index is 1.87. The molecule has 34 heavy (non-hydrogen) atoms. The fraction of sp³-hybridized carbons (Fsp3) is 0.417. The summed E-state index contributed by atoms with van der Waals surface area (Å²) in [5.74, 6) is -0.825. The second-order valence-corrected chi connectivity index (χ2v) is 10.6. The van der Waals surface area contributed by atoms with Gasteiger partial charge < -0.3 is 15.0 Å². The normalized spacial score (nSPS) is 19.2. The van der Waals surface area contributed by atoms with Crippen molar-refractivity contribution in [3.8, 4) is 5.75 Å². The Kier molecular flexibility index (Phi) is 7.93. The molecule has 2 aromatic rings. The van der Waals surface area contributed by atoms with Crippen molar-refractivity contribution in [1.29, 1.82) is 0 Å². The first-order valence-electron chi connectivity index (χ1n) is 11.1. The summed E-state index contributed by atoms with van der Waals surface area (Å²) < 4.78 is 44.8. The van der Waals surface area contributed by atoms with E-state index in [2.05, 4.69) is 5.32 Å². The van der Waals surface area contributed by atoms with Crippen molar-refractivity contribution in [2.24, 2.45) is 0 Å². The standard InChI is InChI=1S/C24H30FN3O5S/c1-4-33-21-12-8-19(9-13-21)15-28-22(29)16-27(34(31,32)5-2)17-24(28,3)23(30)26-14-18-6-10-20(25)11-7-18/h6-13H,4-5,14-17H2,1-3H3,(H,26,30). The van der Waals surface area contributed by atoms with E-state index in [0.29, 0.717) is 17.9 Å². The molecule has 0 spiro atoms. The molecule has 10 heteroatoms. The van der Waals surface area contributed by atoms with Crippen molar-refractivity contribution < 1.29 is 27.1 Å². The third kappa shape index (κ3) is 5.74. The predicted molar refractivity (Wildman–Crippen MR) is 126 cm³/mol. The molecule has 1 heterocycles. The summed E-state index contributed by atoms with van der Waals surface area (Å²) in [6.07, 6.45) is 0. The number of hydrogen-bond donors (Lipinski definition) is 1. The lowest BCUT2D eigenvalue weighted by molar-refractivity contribution is -0.153. The fourth-order valence-electron chi connectivity index (χ4n) is 3.85. The number of halogens is 1. The van der Waals surface area contributed by atoms with Crippen LogP contribution in [-0.2, 0) is 32.7 Å². The summed E-state index contributed by atoms with van der Waals surface area (Å²) in [4.78, 5) is 28.0. The van der Waals surface area contributed by atoms with Gasteiger partial charge in [-0.1, -0.05) is 24.3 Å². The topological polar surface area (TPSA) is 96.0 Å². The molecule has 0 radical (unpaired) electrons. The summed E-state index contributed by atoms with van der Waals surface area (Å²) >= 11 is 0. The van der Waals surface area contributed by atoms with E-state index in [9.17, 15) is 22.4 Å². The Labute approximate surface area is 199 Å². The third-order valence-corrected chi connectivity index (χ3v) is 7.66. The van der Waals surface area contributed by atoms with Gasteiger partial charge in [0.15, 0.2) is 0 Å². The first-order valence-corrected chi connectivity index (χ1v) is 12.7. The van der Waals surface area contributed by atoms with Gasteiger partial charge in [0, 0.05) is 19.6 Å². The average Bonchev–Trinajstić information content (AvgIpc) is 2.82. The van der Waals surface area contributed by atoms with Gasteiger partial charge >= 0.3 is 0 Å². The maximum absolute atomic E-state index is 13.4. The summed E-state index contributed by atoms with van der Waals surface area (Å²) in [6.45, 7) is 5.22. The Hall–Kier alpha value is -2.98. The number of hydrogen-bond acceptors (Lipinski definition) is 5. The zero-order chi connectivity index (χ0) is 24.9. The molecular formula is C24H30FN3O5S. The van der Waals surface area contributed by atoms with Crippen LogP contribution in [0.4, 0.5) is 4.39 Å². The van der Waals surface area contributed by atoms with Gasteiger partial charge in [0.05, 0.1) is 18.9 Å². The number of nitrogens with zero attached hydrogens (tertiary/aromatic N) is 2. The molecule has 1 fully saturated rings. The van der Waals surface area contributed by atoms with Crippen LogP contribution in [0, 0.1) is 5.82 Å². The molecule has 184 valence electrons. The molecule has 1 N–H and O–H groups in total. The second kappa shape index (κ2) is 10.5.